The third kappa shape index (κ3) is 0.275. The highest BCUT2D eigenvalue weighted by Gasteiger charge is 2.45. The summed E-state index contributed by atoms with van der Waals surface area (Å²) in [4.78, 5) is 10.4. The van der Waals surface area contributed by atoms with E-state index in [0.717, 1.165) is 12.8 Å². The Balaban J connectivity index is 2.27. The summed E-state index contributed by atoms with van der Waals surface area (Å²) in [5.41, 5.74) is 0. The van der Waals surface area contributed by atoms with Gasteiger partial charge in [0.1, 0.15) is 6.10 Å². The maximum absolute atomic E-state index is 10.4. The molecule has 2 saturated heterocycles. The Morgan fingerprint density at radius 3 is 2.43 bits per heavy atom. The third-order valence-electron chi connectivity index (χ3n) is 1.71. The van der Waals surface area contributed by atoms with E-state index in [-0.39, 0.29) is 5.97 Å². The first kappa shape index (κ1) is 3.47. The van der Waals surface area contributed by atoms with Crippen molar-refractivity contribution in [2.75, 3.05) is 0 Å². The van der Waals surface area contributed by atoms with E-state index in [4.69, 9.17) is 4.74 Å². The quantitative estimate of drug-likeness (QED) is 0.408. The van der Waals surface area contributed by atoms with E-state index in [0.29, 0.717) is 12.0 Å². The number of hydrogen-bond acceptors (Lipinski definition) is 2. The molecule has 0 aromatic carbocycles. The fourth-order valence-electron chi connectivity index (χ4n) is 1.11. The lowest BCUT2D eigenvalue weighted by molar-refractivity contribution is -0.138. The number of rotatable bonds is 0. The Bertz CT molecular complexity index is 113. The van der Waals surface area contributed by atoms with Gasteiger partial charge in [-0.3, -0.25) is 4.79 Å². The molecule has 0 spiro atoms. The molecular weight excluding hydrogens is 92.1 g/mol. The van der Waals surface area contributed by atoms with Crippen LogP contribution >= 0.6 is 0 Å². The zero-order chi connectivity index (χ0) is 4.85. The van der Waals surface area contributed by atoms with Crippen molar-refractivity contribution in [3.63, 3.8) is 0 Å². The Hall–Kier alpha value is -0.530. The van der Waals surface area contributed by atoms with Gasteiger partial charge >= 0.3 is 5.97 Å². The lowest BCUT2D eigenvalue weighted by Crippen LogP contribution is -2.18. The molecule has 0 amide bonds. The Morgan fingerprint density at radius 2 is 2.29 bits per heavy atom. The number of esters is 1. The summed E-state index contributed by atoms with van der Waals surface area (Å²) < 4.78 is 4.80. The SMILES string of the molecule is O=C1OC2CC1C2. The lowest BCUT2D eigenvalue weighted by Gasteiger charge is -2.14. The van der Waals surface area contributed by atoms with Crippen LogP contribution in [0.25, 0.3) is 0 Å². The predicted octanol–water partition coefficient (Wildman–Crippen LogP) is 0.322. The molecule has 0 aromatic rings. The molecule has 3 fully saturated rings. The number of ether oxygens (including phenoxy) is 1. The van der Waals surface area contributed by atoms with Crippen LogP contribution in [0.3, 0.4) is 0 Å². The molecule has 2 nitrogen and oxygen atoms in total. The zero-order valence-electron chi connectivity index (χ0n) is 3.89. The maximum Gasteiger partial charge on any atom is 0.309 e. The van der Waals surface area contributed by atoms with E-state index in [1.807, 2.05) is 0 Å². The van der Waals surface area contributed by atoms with E-state index in [1.54, 1.807) is 0 Å². The fourth-order valence-corrected chi connectivity index (χ4v) is 1.11. The van der Waals surface area contributed by atoms with Crippen LogP contribution in [0.15, 0.2) is 0 Å². The number of fused-ring (bicyclic) bond motifs is 1. The van der Waals surface area contributed by atoms with Gasteiger partial charge < -0.3 is 4.74 Å². The van der Waals surface area contributed by atoms with Crippen LogP contribution in [-0.4, -0.2) is 12.1 Å². The highest BCUT2D eigenvalue weighted by atomic mass is 16.6. The van der Waals surface area contributed by atoms with Crippen molar-refractivity contribution in [2.24, 2.45) is 5.92 Å². The molecule has 1 aliphatic carbocycles. The van der Waals surface area contributed by atoms with Crippen LogP contribution in [0.1, 0.15) is 12.8 Å². The molecule has 2 bridgehead atoms. The van der Waals surface area contributed by atoms with Gasteiger partial charge in [-0.15, -0.1) is 0 Å². The molecule has 2 aliphatic heterocycles. The van der Waals surface area contributed by atoms with Gasteiger partial charge in [-0.1, -0.05) is 0 Å². The summed E-state index contributed by atoms with van der Waals surface area (Å²) in [5, 5.41) is 0. The molecule has 3 rings (SSSR count). The van der Waals surface area contributed by atoms with Crippen LogP contribution in [0.2, 0.25) is 0 Å². The van der Waals surface area contributed by atoms with Gasteiger partial charge in [-0.2, -0.15) is 0 Å². The molecule has 0 atom stereocenters. The second-order valence-corrected chi connectivity index (χ2v) is 2.23. The van der Waals surface area contributed by atoms with Crippen molar-refractivity contribution < 1.29 is 9.53 Å². The molecular formula is C5H6O2. The van der Waals surface area contributed by atoms with E-state index >= 15 is 0 Å². The minimum atomic E-state index is 0.0324. The van der Waals surface area contributed by atoms with Gasteiger partial charge in [0.15, 0.2) is 0 Å². The normalized spacial score (nSPS) is 45.4. The minimum absolute atomic E-state index is 0.0324. The van der Waals surface area contributed by atoms with E-state index < -0.39 is 0 Å². The second kappa shape index (κ2) is 0.831. The highest BCUT2D eigenvalue weighted by Crippen LogP contribution is 2.38. The molecule has 0 unspecified atom stereocenters. The summed E-state index contributed by atoms with van der Waals surface area (Å²) in [5.74, 6) is 0.329. The molecule has 0 aromatic heterocycles. The average Bonchev–Trinajstić information content (AvgIpc) is 1.85. The van der Waals surface area contributed by atoms with Crippen molar-refractivity contribution in [3.05, 3.63) is 0 Å². The summed E-state index contributed by atoms with van der Waals surface area (Å²) in [6, 6.07) is 0. The highest BCUT2D eigenvalue weighted by molar-refractivity contribution is 5.77. The average molecular weight is 98.1 g/mol. The molecule has 0 N–H and O–H groups in total. The molecule has 0 radical (unpaired) electrons. The molecule has 1 saturated carbocycles. The fraction of sp³-hybridized carbons (Fsp3) is 0.800. The second-order valence-electron chi connectivity index (χ2n) is 2.23. The van der Waals surface area contributed by atoms with Crippen LogP contribution in [0, 0.1) is 5.92 Å². The number of hydrogen-bond donors (Lipinski definition) is 0. The molecule has 2 heteroatoms. The third-order valence-corrected chi connectivity index (χ3v) is 1.71. The van der Waals surface area contributed by atoms with Gasteiger partial charge in [0, 0.05) is 0 Å². The van der Waals surface area contributed by atoms with Gasteiger partial charge in [-0.25, -0.2) is 0 Å². The van der Waals surface area contributed by atoms with E-state index in [1.165, 1.54) is 0 Å². The Kier molecular flexibility index (Phi) is 0.412. The topological polar surface area (TPSA) is 26.3 Å². The first-order valence-corrected chi connectivity index (χ1v) is 2.57. The van der Waals surface area contributed by atoms with E-state index in [2.05, 4.69) is 0 Å². The van der Waals surface area contributed by atoms with Crippen molar-refractivity contribution in [1.29, 1.82) is 0 Å². The standard InChI is InChI=1S/C5H6O2/c6-5-3-1-4(2-3)7-5/h3-4H,1-2H2. The largest absolute Gasteiger partial charge is 0.462 e. The Labute approximate surface area is 41.5 Å². The van der Waals surface area contributed by atoms with Gasteiger partial charge in [-0.05, 0) is 12.8 Å². The number of carbonyl (C=O) groups is 1. The predicted molar refractivity (Wildman–Crippen MR) is 22.6 cm³/mol. The number of carbonyl (C=O) groups excluding carboxylic acids is 1. The van der Waals surface area contributed by atoms with E-state index in [9.17, 15) is 4.79 Å². The summed E-state index contributed by atoms with van der Waals surface area (Å²) in [6.07, 6.45) is 2.31. The van der Waals surface area contributed by atoms with Gasteiger partial charge in [0.05, 0.1) is 5.92 Å². The molecule has 38 valence electrons. The molecule has 2 heterocycles. The van der Waals surface area contributed by atoms with Gasteiger partial charge in [0.2, 0.25) is 0 Å². The van der Waals surface area contributed by atoms with Crippen LogP contribution in [0.4, 0.5) is 0 Å². The first-order chi connectivity index (χ1) is 3.36. The summed E-state index contributed by atoms with van der Waals surface area (Å²) in [7, 11) is 0. The lowest BCUT2D eigenvalue weighted by atomic mass is 9.87. The van der Waals surface area contributed by atoms with Crippen molar-refractivity contribution in [3.8, 4) is 0 Å². The Morgan fingerprint density at radius 1 is 1.57 bits per heavy atom. The molecule has 3 aliphatic rings. The smallest absolute Gasteiger partial charge is 0.309 e. The summed E-state index contributed by atoms with van der Waals surface area (Å²) >= 11 is 0. The van der Waals surface area contributed by atoms with Crippen LogP contribution in [-0.2, 0) is 9.53 Å². The van der Waals surface area contributed by atoms with Crippen LogP contribution < -0.4 is 0 Å². The van der Waals surface area contributed by atoms with Gasteiger partial charge in [0.25, 0.3) is 0 Å². The minimum Gasteiger partial charge on any atom is -0.462 e. The van der Waals surface area contributed by atoms with Crippen molar-refractivity contribution in [2.45, 2.75) is 18.9 Å². The maximum atomic E-state index is 10.4. The zero-order valence-corrected chi connectivity index (χ0v) is 3.89. The van der Waals surface area contributed by atoms with Crippen LogP contribution in [0.5, 0.6) is 0 Å². The first-order valence-electron chi connectivity index (χ1n) is 2.57. The van der Waals surface area contributed by atoms with Crippen molar-refractivity contribution >= 4 is 5.97 Å². The molecule has 7 heavy (non-hydrogen) atoms. The monoisotopic (exact) mass is 98.0 g/mol. The van der Waals surface area contributed by atoms with Crippen molar-refractivity contribution in [1.82, 2.24) is 0 Å². The summed E-state index contributed by atoms with van der Waals surface area (Å²) in [6.45, 7) is 0.